The summed E-state index contributed by atoms with van der Waals surface area (Å²) >= 11 is 0. The van der Waals surface area contributed by atoms with Gasteiger partial charge in [-0.05, 0) is 62.6 Å². The van der Waals surface area contributed by atoms with Gasteiger partial charge in [-0.1, -0.05) is 17.7 Å². The Hall–Kier alpha value is -2.09. The third-order valence-corrected chi connectivity index (χ3v) is 3.40. The number of ketones is 1. The van der Waals surface area contributed by atoms with Crippen molar-refractivity contribution in [3.05, 3.63) is 63.7 Å². The van der Waals surface area contributed by atoms with Crippen LogP contribution in [0.4, 0.5) is 5.69 Å². The quantitative estimate of drug-likeness (QED) is 0.654. The SMILES string of the molecule is Cc1cc(C)c(C(=O)c2ccc(N)cc2C)c(C)c1. The molecule has 0 aliphatic carbocycles. The molecule has 2 rings (SSSR count). The Bertz CT molecular complexity index is 633. The molecular weight excluding hydrogens is 234 g/mol. The van der Waals surface area contributed by atoms with E-state index in [1.165, 1.54) is 5.56 Å². The minimum atomic E-state index is 0.0764. The number of anilines is 1. The van der Waals surface area contributed by atoms with Crippen molar-refractivity contribution in [1.82, 2.24) is 0 Å². The highest BCUT2D eigenvalue weighted by Gasteiger charge is 2.16. The summed E-state index contributed by atoms with van der Waals surface area (Å²) in [6.45, 7) is 7.94. The number of benzene rings is 2. The van der Waals surface area contributed by atoms with Crippen molar-refractivity contribution in [3.63, 3.8) is 0 Å². The Kier molecular flexibility index (Phi) is 3.43. The van der Waals surface area contributed by atoms with E-state index in [0.717, 1.165) is 27.8 Å². The molecule has 0 fully saturated rings. The van der Waals surface area contributed by atoms with Crippen LogP contribution in [0.25, 0.3) is 0 Å². The lowest BCUT2D eigenvalue weighted by molar-refractivity contribution is 0.103. The molecule has 2 N–H and O–H groups in total. The molecule has 0 aliphatic rings. The lowest BCUT2D eigenvalue weighted by Gasteiger charge is -2.12. The van der Waals surface area contributed by atoms with Crippen LogP contribution in [0.3, 0.4) is 0 Å². The Morgan fingerprint density at radius 2 is 1.47 bits per heavy atom. The van der Waals surface area contributed by atoms with Crippen molar-refractivity contribution in [2.24, 2.45) is 0 Å². The second kappa shape index (κ2) is 4.88. The predicted molar refractivity (Wildman–Crippen MR) is 79.7 cm³/mol. The van der Waals surface area contributed by atoms with E-state index in [0.29, 0.717) is 5.69 Å². The van der Waals surface area contributed by atoms with Gasteiger partial charge < -0.3 is 5.73 Å². The normalized spacial score (nSPS) is 10.5. The summed E-state index contributed by atoms with van der Waals surface area (Å²) in [4.78, 5) is 12.7. The summed E-state index contributed by atoms with van der Waals surface area (Å²) in [6.07, 6.45) is 0. The average Bonchev–Trinajstić information content (AvgIpc) is 2.26. The zero-order valence-electron chi connectivity index (χ0n) is 11.9. The number of nitrogens with two attached hydrogens (primary N) is 1. The summed E-state index contributed by atoms with van der Waals surface area (Å²) in [7, 11) is 0. The number of rotatable bonds is 2. The van der Waals surface area contributed by atoms with Gasteiger partial charge in [0.25, 0.3) is 0 Å². The first kappa shape index (κ1) is 13.3. The van der Waals surface area contributed by atoms with Crippen LogP contribution in [-0.2, 0) is 0 Å². The third kappa shape index (κ3) is 2.53. The van der Waals surface area contributed by atoms with Crippen molar-refractivity contribution >= 4 is 11.5 Å². The van der Waals surface area contributed by atoms with Crippen LogP contribution in [-0.4, -0.2) is 5.78 Å². The van der Waals surface area contributed by atoms with Gasteiger partial charge in [-0.25, -0.2) is 0 Å². The van der Waals surface area contributed by atoms with Gasteiger partial charge in [-0.2, -0.15) is 0 Å². The van der Waals surface area contributed by atoms with Crippen molar-refractivity contribution in [1.29, 1.82) is 0 Å². The van der Waals surface area contributed by atoms with E-state index in [-0.39, 0.29) is 5.78 Å². The second-order valence-corrected chi connectivity index (χ2v) is 5.18. The number of aryl methyl sites for hydroxylation is 4. The molecule has 19 heavy (non-hydrogen) atoms. The fourth-order valence-corrected chi connectivity index (χ4v) is 2.61. The van der Waals surface area contributed by atoms with Crippen LogP contribution < -0.4 is 5.73 Å². The van der Waals surface area contributed by atoms with Crippen molar-refractivity contribution in [2.45, 2.75) is 27.7 Å². The molecule has 0 aliphatic heterocycles. The lowest BCUT2D eigenvalue weighted by Crippen LogP contribution is -2.08. The molecule has 0 spiro atoms. The van der Waals surface area contributed by atoms with Gasteiger partial charge in [0.1, 0.15) is 0 Å². The maximum atomic E-state index is 12.7. The molecule has 2 nitrogen and oxygen atoms in total. The Morgan fingerprint density at radius 1 is 0.895 bits per heavy atom. The number of hydrogen-bond acceptors (Lipinski definition) is 2. The summed E-state index contributed by atoms with van der Waals surface area (Å²) in [5.41, 5.74) is 12.1. The number of carbonyl (C=O) groups excluding carboxylic acids is 1. The molecule has 98 valence electrons. The molecule has 0 atom stereocenters. The van der Waals surface area contributed by atoms with E-state index in [9.17, 15) is 4.79 Å². The van der Waals surface area contributed by atoms with Crippen LogP contribution >= 0.6 is 0 Å². The molecule has 0 unspecified atom stereocenters. The first-order chi connectivity index (χ1) is 8.90. The minimum absolute atomic E-state index is 0.0764. The number of hydrogen-bond donors (Lipinski definition) is 1. The Labute approximate surface area is 114 Å². The standard InChI is InChI=1S/C17H19NO/c1-10-7-12(3)16(13(4)8-10)17(19)15-6-5-14(18)9-11(15)2/h5-9H,18H2,1-4H3. The van der Waals surface area contributed by atoms with E-state index in [1.807, 2.05) is 52.0 Å². The molecule has 2 aromatic rings. The molecule has 0 saturated heterocycles. The molecule has 0 bridgehead atoms. The second-order valence-electron chi connectivity index (χ2n) is 5.18. The zero-order chi connectivity index (χ0) is 14.2. The molecule has 0 heterocycles. The van der Waals surface area contributed by atoms with E-state index in [2.05, 4.69) is 0 Å². The topological polar surface area (TPSA) is 43.1 Å². The smallest absolute Gasteiger partial charge is 0.193 e. The summed E-state index contributed by atoms with van der Waals surface area (Å²) < 4.78 is 0. The van der Waals surface area contributed by atoms with Crippen molar-refractivity contribution in [3.8, 4) is 0 Å². The van der Waals surface area contributed by atoms with Crippen LogP contribution in [0.1, 0.15) is 38.2 Å². The monoisotopic (exact) mass is 253 g/mol. The van der Waals surface area contributed by atoms with E-state index in [1.54, 1.807) is 6.07 Å². The van der Waals surface area contributed by atoms with Crippen molar-refractivity contribution in [2.75, 3.05) is 5.73 Å². The zero-order valence-corrected chi connectivity index (χ0v) is 11.9. The van der Waals surface area contributed by atoms with E-state index in [4.69, 9.17) is 5.73 Å². The molecule has 0 amide bonds. The van der Waals surface area contributed by atoms with Crippen LogP contribution in [0.5, 0.6) is 0 Å². The lowest BCUT2D eigenvalue weighted by atomic mass is 9.91. The molecule has 0 aromatic heterocycles. The molecular formula is C17H19NO. The molecule has 2 heteroatoms. The molecule has 0 saturated carbocycles. The number of nitrogen functional groups attached to an aromatic ring is 1. The fraction of sp³-hybridized carbons (Fsp3) is 0.235. The summed E-state index contributed by atoms with van der Waals surface area (Å²) in [5.74, 6) is 0.0764. The van der Waals surface area contributed by atoms with Gasteiger partial charge in [-0.3, -0.25) is 4.79 Å². The van der Waals surface area contributed by atoms with Gasteiger partial charge >= 0.3 is 0 Å². The third-order valence-electron chi connectivity index (χ3n) is 3.40. The first-order valence-electron chi connectivity index (χ1n) is 6.39. The highest BCUT2D eigenvalue weighted by Crippen LogP contribution is 2.22. The molecule has 0 radical (unpaired) electrons. The van der Waals surface area contributed by atoms with Gasteiger partial charge in [-0.15, -0.1) is 0 Å². The van der Waals surface area contributed by atoms with Crippen LogP contribution in [0.15, 0.2) is 30.3 Å². The van der Waals surface area contributed by atoms with Crippen LogP contribution in [0, 0.1) is 27.7 Å². The summed E-state index contributed by atoms with van der Waals surface area (Å²) in [5, 5.41) is 0. The fourth-order valence-electron chi connectivity index (χ4n) is 2.61. The van der Waals surface area contributed by atoms with Gasteiger partial charge in [0.2, 0.25) is 0 Å². The highest BCUT2D eigenvalue weighted by atomic mass is 16.1. The van der Waals surface area contributed by atoms with E-state index >= 15 is 0 Å². The van der Waals surface area contributed by atoms with Gasteiger partial charge in [0.05, 0.1) is 0 Å². The maximum absolute atomic E-state index is 12.7. The Balaban J connectivity index is 2.56. The first-order valence-corrected chi connectivity index (χ1v) is 6.39. The van der Waals surface area contributed by atoms with Gasteiger partial charge in [0.15, 0.2) is 5.78 Å². The predicted octanol–water partition coefficient (Wildman–Crippen LogP) is 3.73. The maximum Gasteiger partial charge on any atom is 0.193 e. The Morgan fingerprint density at radius 3 is 2.00 bits per heavy atom. The highest BCUT2D eigenvalue weighted by molar-refractivity contribution is 6.11. The average molecular weight is 253 g/mol. The van der Waals surface area contributed by atoms with Crippen molar-refractivity contribution < 1.29 is 4.79 Å². The van der Waals surface area contributed by atoms with E-state index < -0.39 is 0 Å². The van der Waals surface area contributed by atoms with Gasteiger partial charge in [0, 0.05) is 16.8 Å². The largest absolute Gasteiger partial charge is 0.399 e. The van der Waals surface area contributed by atoms with Crippen LogP contribution in [0.2, 0.25) is 0 Å². The summed E-state index contributed by atoms with van der Waals surface area (Å²) in [6, 6.07) is 9.52. The minimum Gasteiger partial charge on any atom is -0.399 e. The molecule has 2 aromatic carbocycles. The number of carbonyl (C=O) groups is 1.